The molecule has 0 radical (unpaired) electrons. The lowest BCUT2D eigenvalue weighted by Crippen LogP contribution is -2.49. The largest absolute Gasteiger partial charge is 0.393 e. The molecule has 5 nitrogen and oxygen atoms in total. The van der Waals surface area contributed by atoms with Crippen molar-refractivity contribution >= 4 is 17.6 Å². The Hall–Kier alpha value is -1.88. The third kappa shape index (κ3) is 1.68. The second-order valence-electron chi connectivity index (χ2n) is 4.00. The van der Waals surface area contributed by atoms with Gasteiger partial charge in [0.15, 0.2) is 0 Å². The molecule has 1 aliphatic heterocycles. The molecule has 0 saturated carbocycles. The molecule has 2 N–H and O–H groups in total. The molecule has 1 atom stereocenters. The summed E-state index contributed by atoms with van der Waals surface area (Å²) in [5, 5.41) is 11.9. The minimum Gasteiger partial charge on any atom is -0.393 e. The molecule has 1 saturated heterocycles. The molecular weight excluding hydrogens is 220 g/mol. The summed E-state index contributed by atoms with van der Waals surface area (Å²) in [6.07, 6.45) is 0.359. The van der Waals surface area contributed by atoms with E-state index in [4.69, 9.17) is 0 Å². The quantitative estimate of drug-likeness (QED) is 0.763. The van der Waals surface area contributed by atoms with Crippen LogP contribution in [0.3, 0.4) is 0 Å². The fourth-order valence-electron chi connectivity index (χ4n) is 1.89. The Morgan fingerprint density at radius 1 is 1.29 bits per heavy atom. The number of imide groups is 1. The van der Waals surface area contributed by atoms with Crippen molar-refractivity contribution < 1.29 is 14.7 Å². The summed E-state index contributed by atoms with van der Waals surface area (Å²) < 4.78 is 0. The van der Waals surface area contributed by atoms with Gasteiger partial charge in [-0.25, -0.2) is 9.69 Å². The topological polar surface area (TPSA) is 69.6 Å². The monoisotopic (exact) mass is 234 g/mol. The van der Waals surface area contributed by atoms with E-state index in [-0.39, 0.29) is 0 Å². The van der Waals surface area contributed by atoms with Crippen LogP contribution in [0.4, 0.5) is 10.5 Å². The standard InChI is InChI=1S/C12H14N2O3/c1-2-12(8-15)10(16)14(11(17)13-12)9-6-4-3-5-7-9/h3-7,15H,2,8H2,1H3,(H,13,17). The fraction of sp³-hybridized carbons (Fsp3) is 0.333. The Morgan fingerprint density at radius 2 is 1.94 bits per heavy atom. The van der Waals surface area contributed by atoms with E-state index < -0.39 is 24.1 Å². The van der Waals surface area contributed by atoms with Crippen LogP contribution in [0.5, 0.6) is 0 Å². The number of anilines is 1. The van der Waals surface area contributed by atoms with E-state index in [0.29, 0.717) is 12.1 Å². The van der Waals surface area contributed by atoms with E-state index in [1.165, 1.54) is 0 Å². The summed E-state index contributed by atoms with van der Waals surface area (Å²) >= 11 is 0. The third-order valence-corrected chi connectivity index (χ3v) is 3.05. The number of carbonyl (C=O) groups is 2. The summed E-state index contributed by atoms with van der Waals surface area (Å²) in [5.41, 5.74) is -0.661. The second kappa shape index (κ2) is 4.18. The lowest BCUT2D eigenvalue weighted by molar-refractivity contribution is -0.123. The van der Waals surface area contributed by atoms with E-state index in [0.717, 1.165) is 4.90 Å². The molecule has 3 amide bonds. The summed E-state index contributed by atoms with van der Waals surface area (Å²) in [6, 6.07) is 8.18. The van der Waals surface area contributed by atoms with Gasteiger partial charge in [-0.15, -0.1) is 0 Å². The first-order chi connectivity index (χ1) is 8.14. The molecule has 0 bridgehead atoms. The molecule has 0 spiro atoms. The summed E-state index contributed by atoms with van der Waals surface area (Å²) in [7, 11) is 0. The molecule has 1 unspecified atom stereocenters. The average Bonchev–Trinajstić information content (AvgIpc) is 2.62. The molecule has 1 fully saturated rings. The number of aliphatic hydroxyl groups is 1. The lowest BCUT2D eigenvalue weighted by Gasteiger charge is -2.22. The first kappa shape index (κ1) is 11.6. The lowest BCUT2D eigenvalue weighted by atomic mass is 9.97. The van der Waals surface area contributed by atoms with Crippen molar-refractivity contribution in [1.29, 1.82) is 0 Å². The van der Waals surface area contributed by atoms with Crippen molar-refractivity contribution in [2.45, 2.75) is 18.9 Å². The number of nitrogens with zero attached hydrogens (tertiary/aromatic N) is 1. The molecule has 5 heteroatoms. The van der Waals surface area contributed by atoms with Crippen molar-refractivity contribution in [2.24, 2.45) is 0 Å². The smallest absolute Gasteiger partial charge is 0.329 e. The van der Waals surface area contributed by atoms with Crippen LogP contribution in [0.25, 0.3) is 0 Å². The maximum absolute atomic E-state index is 12.2. The number of hydrogen-bond acceptors (Lipinski definition) is 3. The molecule has 0 aliphatic carbocycles. The molecule has 1 aromatic rings. The normalized spacial score (nSPS) is 24.0. The number of benzene rings is 1. The Bertz CT molecular complexity index is 440. The minimum atomic E-state index is -1.17. The molecule has 1 aliphatic rings. The van der Waals surface area contributed by atoms with E-state index >= 15 is 0 Å². The first-order valence-electron chi connectivity index (χ1n) is 5.47. The van der Waals surface area contributed by atoms with E-state index in [9.17, 15) is 14.7 Å². The van der Waals surface area contributed by atoms with Gasteiger partial charge in [0.25, 0.3) is 5.91 Å². The second-order valence-corrected chi connectivity index (χ2v) is 4.00. The highest BCUT2D eigenvalue weighted by Crippen LogP contribution is 2.26. The maximum Gasteiger partial charge on any atom is 0.329 e. The van der Waals surface area contributed by atoms with Crippen molar-refractivity contribution in [1.82, 2.24) is 5.32 Å². The summed E-state index contributed by atoms with van der Waals surface area (Å²) in [6.45, 7) is 1.36. The first-order valence-corrected chi connectivity index (χ1v) is 5.47. The van der Waals surface area contributed by atoms with Crippen LogP contribution in [0.15, 0.2) is 30.3 Å². The zero-order chi connectivity index (χ0) is 12.5. The minimum absolute atomic E-state index is 0.359. The highest BCUT2D eigenvalue weighted by atomic mass is 16.3. The van der Waals surface area contributed by atoms with Crippen LogP contribution >= 0.6 is 0 Å². The Morgan fingerprint density at radius 3 is 2.41 bits per heavy atom. The molecule has 17 heavy (non-hydrogen) atoms. The summed E-state index contributed by atoms with van der Waals surface area (Å²) in [4.78, 5) is 25.1. The zero-order valence-corrected chi connectivity index (χ0v) is 9.51. The number of urea groups is 1. The van der Waals surface area contributed by atoms with E-state index in [1.807, 2.05) is 0 Å². The number of hydrogen-bond donors (Lipinski definition) is 2. The molecule has 2 rings (SSSR count). The molecule has 1 heterocycles. The number of carbonyl (C=O) groups excluding carboxylic acids is 2. The van der Waals surface area contributed by atoms with Gasteiger partial charge in [0, 0.05) is 0 Å². The van der Waals surface area contributed by atoms with Gasteiger partial charge in [0.05, 0.1) is 12.3 Å². The van der Waals surface area contributed by atoms with Crippen LogP contribution < -0.4 is 10.2 Å². The van der Waals surface area contributed by atoms with Crippen LogP contribution in [-0.2, 0) is 4.79 Å². The van der Waals surface area contributed by atoms with Crippen LogP contribution in [-0.4, -0.2) is 29.2 Å². The van der Waals surface area contributed by atoms with Gasteiger partial charge in [0.2, 0.25) is 0 Å². The van der Waals surface area contributed by atoms with Crippen LogP contribution in [0, 0.1) is 0 Å². The van der Waals surface area contributed by atoms with Crippen molar-refractivity contribution in [2.75, 3.05) is 11.5 Å². The molecular formula is C12H14N2O3. The highest BCUT2D eigenvalue weighted by Gasteiger charge is 2.50. The number of para-hydroxylation sites is 1. The van der Waals surface area contributed by atoms with Gasteiger partial charge < -0.3 is 10.4 Å². The Labute approximate surface area is 99.0 Å². The zero-order valence-electron chi connectivity index (χ0n) is 9.51. The predicted molar refractivity (Wildman–Crippen MR) is 62.6 cm³/mol. The average molecular weight is 234 g/mol. The fourth-order valence-corrected chi connectivity index (χ4v) is 1.89. The van der Waals surface area contributed by atoms with E-state index in [1.54, 1.807) is 37.3 Å². The van der Waals surface area contributed by atoms with Gasteiger partial charge in [-0.2, -0.15) is 0 Å². The highest BCUT2D eigenvalue weighted by molar-refractivity contribution is 6.23. The number of amides is 3. The van der Waals surface area contributed by atoms with Gasteiger partial charge in [-0.3, -0.25) is 4.79 Å². The number of rotatable bonds is 3. The maximum atomic E-state index is 12.2. The Kier molecular flexibility index (Phi) is 2.85. The van der Waals surface area contributed by atoms with Crippen LogP contribution in [0.2, 0.25) is 0 Å². The number of nitrogens with one attached hydrogen (secondary N) is 1. The molecule has 90 valence electrons. The van der Waals surface area contributed by atoms with Gasteiger partial charge in [0.1, 0.15) is 5.54 Å². The predicted octanol–water partition coefficient (Wildman–Crippen LogP) is 0.884. The SMILES string of the molecule is CCC1(CO)NC(=O)N(c2ccccc2)C1=O. The van der Waals surface area contributed by atoms with Crippen LogP contribution in [0.1, 0.15) is 13.3 Å². The van der Waals surface area contributed by atoms with Crippen molar-refractivity contribution in [3.63, 3.8) is 0 Å². The van der Waals surface area contributed by atoms with E-state index in [2.05, 4.69) is 5.32 Å². The van der Waals surface area contributed by atoms with Gasteiger partial charge in [-0.05, 0) is 18.6 Å². The third-order valence-electron chi connectivity index (χ3n) is 3.05. The Balaban J connectivity index is 2.39. The van der Waals surface area contributed by atoms with Gasteiger partial charge >= 0.3 is 6.03 Å². The number of aliphatic hydroxyl groups excluding tert-OH is 1. The molecule has 0 aromatic heterocycles. The summed E-state index contributed by atoms with van der Waals surface area (Å²) in [5.74, 6) is -0.404. The molecule has 1 aromatic carbocycles. The van der Waals surface area contributed by atoms with Gasteiger partial charge in [-0.1, -0.05) is 25.1 Å². The van der Waals surface area contributed by atoms with Crippen molar-refractivity contribution in [3.8, 4) is 0 Å². The van der Waals surface area contributed by atoms with Crippen molar-refractivity contribution in [3.05, 3.63) is 30.3 Å².